The minimum Gasteiger partial charge on any atom is -0.504 e. The molecule has 1 aliphatic carbocycles. The molecule has 0 radical (unpaired) electrons. The third-order valence-corrected chi connectivity index (χ3v) is 9.94. The Hall–Kier alpha value is -5.03. The first kappa shape index (κ1) is 34.4. The molecule has 3 aliphatic rings. The fourth-order valence-electron chi connectivity index (χ4n) is 6.93. The Labute approximate surface area is 293 Å². The SMILES string of the molecule is CCc1c(N2CCN(C(=O)c3ncnc(C)c3O)[C@H]3CC[C@@H]32)c(=O)c2nn(C3=CCOCC3)nc2n1CC(=O)Nc1ccc(C(F)(F)F)cc1Cl. The maximum Gasteiger partial charge on any atom is 0.416 e. The van der Waals surface area contributed by atoms with Crippen molar-refractivity contribution in [1.29, 1.82) is 0 Å². The summed E-state index contributed by atoms with van der Waals surface area (Å²) in [6, 6.07) is 2.13. The molecule has 1 saturated carbocycles. The van der Waals surface area contributed by atoms with Gasteiger partial charge in [-0.2, -0.15) is 18.0 Å². The van der Waals surface area contributed by atoms with Crippen LogP contribution in [0.1, 0.15) is 53.6 Å². The first-order valence-corrected chi connectivity index (χ1v) is 16.8. The van der Waals surface area contributed by atoms with Gasteiger partial charge in [-0.25, -0.2) is 9.97 Å². The zero-order chi connectivity index (χ0) is 36.2. The highest BCUT2D eigenvalue weighted by atomic mass is 35.5. The average molecular weight is 728 g/mol. The summed E-state index contributed by atoms with van der Waals surface area (Å²) in [5, 5.41) is 22.1. The van der Waals surface area contributed by atoms with Crippen molar-refractivity contribution in [3.63, 3.8) is 0 Å². The second-order valence-corrected chi connectivity index (χ2v) is 13.0. The third kappa shape index (κ3) is 6.17. The number of aryl methyl sites for hydroxylation is 1. The van der Waals surface area contributed by atoms with E-state index in [1.165, 1.54) is 11.1 Å². The van der Waals surface area contributed by atoms with Crippen LogP contribution >= 0.6 is 11.6 Å². The van der Waals surface area contributed by atoms with Gasteiger partial charge >= 0.3 is 6.18 Å². The number of alkyl halides is 3. The zero-order valence-electron chi connectivity index (χ0n) is 27.6. The number of hydrogen-bond acceptors (Lipinski definition) is 10. The largest absolute Gasteiger partial charge is 0.504 e. The molecule has 268 valence electrons. The molecule has 14 nitrogen and oxygen atoms in total. The first-order valence-electron chi connectivity index (χ1n) is 16.4. The molecule has 0 spiro atoms. The Balaban J connectivity index is 1.27. The smallest absolute Gasteiger partial charge is 0.416 e. The van der Waals surface area contributed by atoms with Crippen LogP contribution in [-0.2, 0) is 28.7 Å². The summed E-state index contributed by atoms with van der Waals surface area (Å²) in [6.45, 7) is 4.36. The van der Waals surface area contributed by atoms with Crippen molar-refractivity contribution in [1.82, 2.24) is 34.4 Å². The Morgan fingerprint density at radius 3 is 2.59 bits per heavy atom. The number of nitrogens with one attached hydrogen (secondary N) is 1. The van der Waals surface area contributed by atoms with Gasteiger partial charge in [-0.15, -0.1) is 10.2 Å². The summed E-state index contributed by atoms with van der Waals surface area (Å²) < 4.78 is 46.7. The summed E-state index contributed by atoms with van der Waals surface area (Å²) in [4.78, 5) is 54.6. The molecule has 1 aromatic carbocycles. The number of hydrogen-bond donors (Lipinski definition) is 2. The molecular weight excluding hydrogens is 695 g/mol. The van der Waals surface area contributed by atoms with Gasteiger partial charge in [-0.05, 0) is 50.5 Å². The van der Waals surface area contributed by atoms with Crippen molar-refractivity contribution < 1.29 is 32.6 Å². The maximum atomic E-state index is 14.4. The van der Waals surface area contributed by atoms with E-state index < -0.39 is 23.6 Å². The van der Waals surface area contributed by atoms with Crippen LogP contribution in [0.15, 0.2) is 35.4 Å². The van der Waals surface area contributed by atoms with Crippen LogP contribution < -0.4 is 15.6 Å². The number of carbonyl (C=O) groups excluding carboxylic acids is 2. The van der Waals surface area contributed by atoms with Crippen molar-refractivity contribution in [3.05, 3.63) is 68.5 Å². The van der Waals surface area contributed by atoms with E-state index in [2.05, 4.69) is 25.5 Å². The number of aromatic nitrogens is 6. The molecule has 5 heterocycles. The third-order valence-electron chi connectivity index (χ3n) is 9.63. The molecule has 0 bridgehead atoms. The number of piperazine rings is 1. The summed E-state index contributed by atoms with van der Waals surface area (Å²) >= 11 is 6.14. The van der Waals surface area contributed by atoms with Gasteiger partial charge in [0.1, 0.15) is 18.6 Å². The van der Waals surface area contributed by atoms with Gasteiger partial charge in [-0.3, -0.25) is 14.4 Å². The number of ether oxygens (including phenoxy) is 1. The van der Waals surface area contributed by atoms with Crippen LogP contribution in [-0.4, -0.2) is 89.7 Å². The normalized spacial score (nSPS) is 19.1. The molecule has 2 aliphatic heterocycles. The lowest BCUT2D eigenvalue weighted by Crippen LogP contribution is -2.67. The molecule has 1 saturated heterocycles. The summed E-state index contributed by atoms with van der Waals surface area (Å²) in [6.07, 6.45) is 0.576. The Morgan fingerprint density at radius 1 is 1.14 bits per heavy atom. The van der Waals surface area contributed by atoms with E-state index in [1.807, 2.05) is 17.9 Å². The molecule has 2 N–H and O–H groups in total. The predicted octanol–water partition coefficient (Wildman–Crippen LogP) is 4.02. The fraction of sp³-hybridized carbons (Fsp3) is 0.424. The number of aromatic hydroxyl groups is 1. The molecule has 2 fully saturated rings. The van der Waals surface area contributed by atoms with Crippen LogP contribution in [0.4, 0.5) is 24.5 Å². The Morgan fingerprint density at radius 2 is 1.92 bits per heavy atom. The highest BCUT2D eigenvalue weighted by molar-refractivity contribution is 6.33. The van der Waals surface area contributed by atoms with Gasteiger partial charge in [-0.1, -0.05) is 18.5 Å². The maximum absolute atomic E-state index is 14.4. The lowest BCUT2D eigenvalue weighted by Gasteiger charge is -2.54. The van der Waals surface area contributed by atoms with E-state index >= 15 is 0 Å². The van der Waals surface area contributed by atoms with E-state index in [4.69, 9.17) is 16.3 Å². The zero-order valence-corrected chi connectivity index (χ0v) is 28.3. The molecule has 3 aromatic heterocycles. The predicted molar refractivity (Wildman–Crippen MR) is 180 cm³/mol. The van der Waals surface area contributed by atoms with Crippen LogP contribution in [0, 0.1) is 6.92 Å². The number of halogens is 4. The molecule has 18 heteroatoms. The van der Waals surface area contributed by atoms with Crippen LogP contribution in [0.2, 0.25) is 5.02 Å². The number of pyridine rings is 1. The van der Waals surface area contributed by atoms with Crippen molar-refractivity contribution >= 4 is 51.7 Å². The molecule has 2 atom stereocenters. The van der Waals surface area contributed by atoms with E-state index in [1.54, 1.807) is 16.4 Å². The molecule has 7 rings (SSSR count). The van der Waals surface area contributed by atoms with E-state index in [9.17, 15) is 32.7 Å². The van der Waals surface area contributed by atoms with Gasteiger partial charge in [0.2, 0.25) is 11.3 Å². The summed E-state index contributed by atoms with van der Waals surface area (Å²) in [7, 11) is 0. The lowest BCUT2D eigenvalue weighted by molar-refractivity contribution is -0.137. The quantitative estimate of drug-likeness (QED) is 0.285. The van der Waals surface area contributed by atoms with Gasteiger partial charge in [0, 0.05) is 31.2 Å². The van der Waals surface area contributed by atoms with Crippen molar-refractivity contribution in [2.24, 2.45) is 0 Å². The standard InChI is InChI=1S/C33H33ClF3N9O5/c1-3-22-28(43-10-11-44(24-7-6-23(24)43)32(50)27-29(48)17(2)38-16-39-27)30(49)26-31(42-46(41-26)19-8-12-51-13-9-19)45(22)15-25(47)40-21-5-4-18(14-20(21)34)33(35,36)37/h4-5,8,14,16,23-24,48H,3,6-7,9-13,15H2,1-2H3,(H,40,47)/t23-,24-/m0/s1. The van der Waals surface area contributed by atoms with Crippen LogP contribution in [0.5, 0.6) is 5.75 Å². The number of anilines is 2. The Bertz CT molecular complexity index is 2150. The second-order valence-electron chi connectivity index (χ2n) is 12.5. The molecule has 51 heavy (non-hydrogen) atoms. The monoisotopic (exact) mass is 727 g/mol. The summed E-state index contributed by atoms with van der Waals surface area (Å²) in [5.74, 6) is -1.32. The molecular formula is C33H33ClF3N9O5. The molecule has 2 amide bonds. The van der Waals surface area contributed by atoms with E-state index in [-0.39, 0.29) is 76.2 Å². The topological polar surface area (TPSA) is 161 Å². The lowest BCUT2D eigenvalue weighted by atomic mass is 9.81. The van der Waals surface area contributed by atoms with E-state index in [0.717, 1.165) is 23.9 Å². The number of rotatable bonds is 7. The first-order chi connectivity index (χ1) is 24.4. The number of nitrogens with zero attached hydrogens (tertiary/aromatic N) is 8. The van der Waals surface area contributed by atoms with Crippen molar-refractivity contribution in [2.45, 2.75) is 64.3 Å². The molecule has 4 aromatic rings. The van der Waals surface area contributed by atoms with Crippen molar-refractivity contribution in [2.75, 3.05) is 36.5 Å². The molecule has 0 unspecified atom stereocenters. The highest BCUT2D eigenvalue weighted by Gasteiger charge is 2.47. The highest BCUT2D eigenvalue weighted by Crippen LogP contribution is 2.39. The van der Waals surface area contributed by atoms with Crippen LogP contribution in [0.3, 0.4) is 0 Å². The van der Waals surface area contributed by atoms with Gasteiger partial charge in [0.15, 0.2) is 22.6 Å². The van der Waals surface area contributed by atoms with Crippen LogP contribution in [0.25, 0.3) is 16.9 Å². The number of benzene rings is 1. The van der Waals surface area contributed by atoms with Gasteiger partial charge in [0.05, 0.1) is 46.9 Å². The number of fused-ring (bicyclic) bond motifs is 2. The van der Waals surface area contributed by atoms with E-state index in [0.29, 0.717) is 50.3 Å². The number of amides is 2. The van der Waals surface area contributed by atoms with Crippen molar-refractivity contribution in [3.8, 4) is 5.75 Å². The van der Waals surface area contributed by atoms with Gasteiger partial charge in [0.25, 0.3) is 5.91 Å². The summed E-state index contributed by atoms with van der Waals surface area (Å²) in [5.41, 5.74) is 0.612. The van der Waals surface area contributed by atoms with Gasteiger partial charge < -0.3 is 29.5 Å². The minimum absolute atomic E-state index is 0.00994. The number of carbonyl (C=O) groups is 2. The second kappa shape index (κ2) is 13.3. The fourth-order valence-corrected chi connectivity index (χ4v) is 7.16. The Kier molecular flexibility index (Phi) is 8.95. The average Bonchev–Trinajstić information content (AvgIpc) is 3.54. The minimum atomic E-state index is -4.61.